The van der Waals surface area contributed by atoms with E-state index in [0.717, 1.165) is 12.2 Å². The van der Waals surface area contributed by atoms with Gasteiger partial charge in [-0.2, -0.15) is 5.10 Å². The van der Waals surface area contributed by atoms with E-state index in [0.29, 0.717) is 23.8 Å². The highest BCUT2D eigenvalue weighted by Gasteiger charge is 2.21. The fourth-order valence-electron chi connectivity index (χ4n) is 1.55. The second kappa shape index (κ2) is 5.01. The van der Waals surface area contributed by atoms with E-state index in [2.05, 4.69) is 24.0 Å². The van der Waals surface area contributed by atoms with Crippen molar-refractivity contribution in [2.75, 3.05) is 18.8 Å². The molecule has 90 valence electrons. The van der Waals surface area contributed by atoms with Crippen molar-refractivity contribution in [3.63, 3.8) is 0 Å². The number of aryl methyl sites for hydroxylation is 1. The minimum atomic E-state index is -0.0990. The Kier molecular flexibility index (Phi) is 3.93. The molecule has 0 aliphatic heterocycles. The van der Waals surface area contributed by atoms with Crippen molar-refractivity contribution in [1.29, 1.82) is 0 Å². The molecular weight excluding hydrogens is 204 g/mol. The maximum absolute atomic E-state index is 12.1. The number of nitrogens with two attached hydrogens (primary N) is 1. The lowest BCUT2D eigenvalue weighted by Crippen LogP contribution is -2.34. The molecule has 0 aromatic carbocycles. The largest absolute Gasteiger partial charge is 0.395 e. The normalized spacial score (nSPS) is 10.8. The molecule has 0 unspecified atom stereocenters. The number of rotatable bonds is 4. The van der Waals surface area contributed by atoms with E-state index in [9.17, 15) is 4.79 Å². The number of amides is 1. The van der Waals surface area contributed by atoms with E-state index in [1.54, 1.807) is 11.8 Å². The van der Waals surface area contributed by atoms with Gasteiger partial charge in [-0.05, 0) is 19.8 Å². The monoisotopic (exact) mass is 224 g/mol. The summed E-state index contributed by atoms with van der Waals surface area (Å²) < 4.78 is 0. The number of hydrogen-bond acceptors (Lipinski definition) is 3. The lowest BCUT2D eigenvalue weighted by atomic mass is 10.2. The van der Waals surface area contributed by atoms with Crippen molar-refractivity contribution in [2.24, 2.45) is 5.92 Å². The molecule has 1 amide bonds. The lowest BCUT2D eigenvalue weighted by molar-refractivity contribution is 0.0741. The Balaban J connectivity index is 2.87. The van der Waals surface area contributed by atoms with Crippen LogP contribution in [0.15, 0.2) is 0 Å². The van der Waals surface area contributed by atoms with Crippen molar-refractivity contribution in [3.05, 3.63) is 11.4 Å². The molecule has 1 rings (SSSR count). The number of carbonyl (C=O) groups is 1. The van der Waals surface area contributed by atoms with Gasteiger partial charge in [-0.1, -0.05) is 13.8 Å². The van der Waals surface area contributed by atoms with Crippen molar-refractivity contribution in [1.82, 2.24) is 15.1 Å². The Bertz CT molecular complexity index is 370. The van der Waals surface area contributed by atoms with Crippen molar-refractivity contribution in [3.8, 4) is 0 Å². The minimum Gasteiger partial charge on any atom is -0.395 e. The summed E-state index contributed by atoms with van der Waals surface area (Å²) in [5, 5.41) is 6.68. The standard InChI is InChI=1S/C11H20N4O/c1-5-15(6-7(2)3)11(16)10-9(12)8(4)13-14-10/h7H,5-6,12H2,1-4H3,(H,13,14). The molecule has 5 heteroatoms. The number of nitrogens with one attached hydrogen (secondary N) is 1. The minimum absolute atomic E-state index is 0.0990. The number of H-pyrrole nitrogens is 1. The molecule has 16 heavy (non-hydrogen) atoms. The van der Waals surface area contributed by atoms with Gasteiger partial charge in [-0.25, -0.2) is 0 Å². The highest BCUT2D eigenvalue weighted by Crippen LogP contribution is 2.15. The van der Waals surface area contributed by atoms with Crippen molar-refractivity contribution in [2.45, 2.75) is 27.7 Å². The SMILES string of the molecule is CCN(CC(C)C)C(=O)c1n[nH]c(C)c1N. The van der Waals surface area contributed by atoms with E-state index in [1.807, 2.05) is 6.92 Å². The Hall–Kier alpha value is -1.52. The zero-order valence-corrected chi connectivity index (χ0v) is 10.4. The van der Waals surface area contributed by atoms with Crippen LogP contribution >= 0.6 is 0 Å². The van der Waals surface area contributed by atoms with Crippen LogP contribution in [-0.4, -0.2) is 34.1 Å². The van der Waals surface area contributed by atoms with Crippen molar-refractivity contribution < 1.29 is 4.79 Å². The van der Waals surface area contributed by atoms with Gasteiger partial charge in [0.2, 0.25) is 0 Å². The summed E-state index contributed by atoms with van der Waals surface area (Å²) in [7, 11) is 0. The van der Waals surface area contributed by atoms with E-state index in [1.165, 1.54) is 0 Å². The average molecular weight is 224 g/mol. The van der Waals surface area contributed by atoms with Crippen LogP contribution in [0.5, 0.6) is 0 Å². The second-order valence-corrected chi connectivity index (χ2v) is 4.35. The van der Waals surface area contributed by atoms with Crippen LogP contribution in [0, 0.1) is 12.8 Å². The van der Waals surface area contributed by atoms with Crippen LogP contribution in [0.25, 0.3) is 0 Å². The predicted octanol–water partition coefficient (Wildman–Crippen LogP) is 1.42. The van der Waals surface area contributed by atoms with Gasteiger partial charge in [0.25, 0.3) is 5.91 Å². The molecule has 0 spiro atoms. The Morgan fingerprint density at radius 2 is 2.19 bits per heavy atom. The van der Waals surface area contributed by atoms with E-state index in [-0.39, 0.29) is 5.91 Å². The fourth-order valence-corrected chi connectivity index (χ4v) is 1.55. The van der Waals surface area contributed by atoms with Gasteiger partial charge < -0.3 is 10.6 Å². The molecule has 3 N–H and O–H groups in total. The molecule has 0 atom stereocenters. The van der Waals surface area contributed by atoms with Gasteiger partial charge >= 0.3 is 0 Å². The second-order valence-electron chi connectivity index (χ2n) is 4.35. The first kappa shape index (κ1) is 12.5. The summed E-state index contributed by atoms with van der Waals surface area (Å²) >= 11 is 0. The zero-order chi connectivity index (χ0) is 12.3. The maximum atomic E-state index is 12.1. The van der Waals surface area contributed by atoms with Crippen LogP contribution in [0.4, 0.5) is 5.69 Å². The highest BCUT2D eigenvalue weighted by molar-refractivity contribution is 5.97. The smallest absolute Gasteiger partial charge is 0.276 e. The Labute approximate surface area is 96.0 Å². The molecule has 1 aromatic rings. The summed E-state index contributed by atoms with van der Waals surface area (Å²) in [6.45, 7) is 9.31. The molecule has 0 aliphatic carbocycles. The number of nitrogens with zero attached hydrogens (tertiary/aromatic N) is 2. The van der Waals surface area contributed by atoms with Crippen LogP contribution in [0.1, 0.15) is 37.0 Å². The Morgan fingerprint density at radius 3 is 2.56 bits per heavy atom. The first-order chi connectivity index (χ1) is 7.47. The fraction of sp³-hybridized carbons (Fsp3) is 0.636. The summed E-state index contributed by atoms with van der Waals surface area (Å²) in [4.78, 5) is 13.9. The zero-order valence-electron chi connectivity index (χ0n) is 10.4. The highest BCUT2D eigenvalue weighted by atomic mass is 16.2. The van der Waals surface area contributed by atoms with Crippen molar-refractivity contribution >= 4 is 11.6 Å². The first-order valence-corrected chi connectivity index (χ1v) is 5.57. The topological polar surface area (TPSA) is 75.0 Å². The third-order valence-corrected chi connectivity index (χ3v) is 2.45. The number of aromatic amines is 1. The molecule has 1 aromatic heterocycles. The third-order valence-electron chi connectivity index (χ3n) is 2.45. The van der Waals surface area contributed by atoms with Crippen LogP contribution in [0.3, 0.4) is 0 Å². The summed E-state index contributed by atoms with van der Waals surface area (Å²) in [6.07, 6.45) is 0. The molecule has 0 saturated carbocycles. The summed E-state index contributed by atoms with van der Waals surface area (Å²) in [6, 6.07) is 0. The summed E-state index contributed by atoms with van der Waals surface area (Å²) in [5.41, 5.74) is 7.31. The van der Waals surface area contributed by atoms with Gasteiger partial charge in [-0.3, -0.25) is 9.89 Å². The molecule has 0 fully saturated rings. The number of nitrogen functional groups attached to an aromatic ring is 1. The summed E-state index contributed by atoms with van der Waals surface area (Å²) in [5.74, 6) is 0.336. The molecule has 0 bridgehead atoms. The quantitative estimate of drug-likeness (QED) is 0.812. The van der Waals surface area contributed by atoms with E-state index >= 15 is 0 Å². The first-order valence-electron chi connectivity index (χ1n) is 5.57. The number of hydrogen-bond donors (Lipinski definition) is 2. The van der Waals surface area contributed by atoms with Gasteiger partial charge in [0, 0.05) is 13.1 Å². The maximum Gasteiger partial charge on any atom is 0.276 e. The third kappa shape index (κ3) is 2.53. The van der Waals surface area contributed by atoms with Gasteiger partial charge in [0.15, 0.2) is 5.69 Å². The molecule has 5 nitrogen and oxygen atoms in total. The van der Waals surface area contributed by atoms with Crippen LogP contribution in [0.2, 0.25) is 0 Å². The average Bonchev–Trinajstić information content (AvgIpc) is 2.55. The molecule has 0 radical (unpaired) electrons. The molecular formula is C11H20N4O. The van der Waals surface area contributed by atoms with Gasteiger partial charge in [0.05, 0.1) is 11.4 Å². The number of carbonyl (C=O) groups excluding carboxylic acids is 1. The van der Waals surface area contributed by atoms with Crippen LogP contribution in [-0.2, 0) is 0 Å². The molecule has 0 saturated heterocycles. The number of anilines is 1. The lowest BCUT2D eigenvalue weighted by Gasteiger charge is -2.22. The van der Waals surface area contributed by atoms with Gasteiger partial charge in [0.1, 0.15) is 0 Å². The van der Waals surface area contributed by atoms with Gasteiger partial charge in [-0.15, -0.1) is 0 Å². The predicted molar refractivity (Wildman–Crippen MR) is 64.2 cm³/mol. The Morgan fingerprint density at radius 1 is 1.56 bits per heavy atom. The van der Waals surface area contributed by atoms with E-state index in [4.69, 9.17) is 5.73 Å². The van der Waals surface area contributed by atoms with E-state index < -0.39 is 0 Å². The molecule has 0 aliphatic rings. The van der Waals surface area contributed by atoms with Crippen LogP contribution < -0.4 is 5.73 Å². The molecule has 1 heterocycles. The number of aromatic nitrogens is 2.